The highest BCUT2D eigenvalue weighted by Crippen LogP contribution is 2.24. The van der Waals surface area contributed by atoms with E-state index >= 15 is 0 Å². The van der Waals surface area contributed by atoms with Crippen molar-refractivity contribution in [1.29, 1.82) is 0 Å². The van der Waals surface area contributed by atoms with Crippen LogP contribution < -0.4 is 0 Å². The zero-order valence-corrected chi connectivity index (χ0v) is 9.56. The lowest BCUT2D eigenvalue weighted by atomic mass is 10.2. The van der Waals surface area contributed by atoms with Crippen LogP contribution in [0.3, 0.4) is 0 Å². The smallest absolute Gasteiger partial charge is 0.235 e. The van der Waals surface area contributed by atoms with Crippen LogP contribution in [-0.2, 0) is 0 Å². The van der Waals surface area contributed by atoms with Crippen molar-refractivity contribution in [2.75, 3.05) is 0 Å². The highest BCUT2D eigenvalue weighted by Gasteiger charge is 2.09. The Balaban J connectivity index is 2.37. The van der Waals surface area contributed by atoms with Crippen molar-refractivity contribution < 1.29 is 9.13 Å². The van der Waals surface area contributed by atoms with E-state index in [1.54, 1.807) is 12.1 Å². The van der Waals surface area contributed by atoms with Gasteiger partial charge in [0, 0.05) is 11.6 Å². The molecule has 0 spiro atoms. The zero-order valence-electron chi connectivity index (χ0n) is 8.81. The van der Waals surface area contributed by atoms with Crippen molar-refractivity contribution in [3.8, 4) is 0 Å². The molecule has 0 N–H and O–H groups in total. The Bertz CT molecular complexity index is 555. The summed E-state index contributed by atoms with van der Waals surface area (Å²) in [6.45, 7) is 0. The summed E-state index contributed by atoms with van der Waals surface area (Å²) in [6.07, 6.45) is 1.39. The Morgan fingerprint density at radius 2 is 1.82 bits per heavy atom. The summed E-state index contributed by atoms with van der Waals surface area (Å²) in [4.78, 5) is 0. The second kappa shape index (κ2) is 4.97. The molecule has 0 aliphatic carbocycles. The molecule has 86 valence electrons. The van der Waals surface area contributed by atoms with Gasteiger partial charge in [0.05, 0.1) is 0 Å². The molecule has 0 fully saturated rings. The highest BCUT2D eigenvalue weighted by molar-refractivity contribution is 6.32. The first-order valence-electron chi connectivity index (χ1n) is 4.98. The van der Waals surface area contributed by atoms with Crippen molar-refractivity contribution in [2.24, 2.45) is 0 Å². The Morgan fingerprint density at radius 3 is 2.47 bits per heavy atom. The lowest BCUT2D eigenvalue weighted by Crippen LogP contribution is -1.99. The molecule has 2 nitrogen and oxygen atoms in total. The minimum Gasteiger partial charge on any atom is -0.618 e. The maximum absolute atomic E-state index is 12.8. The average molecular weight is 250 g/mol. The van der Waals surface area contributed by atoms with Gasteiger partial charge in [-0.1, -0.05) is 29.8 Å². The van der Waals surface area contributed by atoms with Gasteiger partial charge in [-0.25, -0.2) is 4.39 Å². The van der Waals surface area contributed by atoms with Crippen LogP contribution in [0, 0.1) is 11.0 Å². The number of halogens is 2. The van der Waals surface area contributed by atoms with Gasteiger partial charge in [-0.3, -0.25) is 0 Å². The van der Waals surface area contributed by atoms with Crippen LogP contribution in [0.1, 0.15) is 5.56 Å². The minimum atomic E-state index is -0.466. The molecule has 0 aromatic heterocycles. The molecule has 0 aliphatic rings. The first-order chi connectivity index (χ1) is 8.16. The van der Waals surface area contributed by atoms with Gasteiger partial charge >= 0.3 is 0 Å². The quantitative estimate of drug-likeness (QED) is 0.345. The lowest BCUT2D eigenvalue weighted by molar-refractivity contribution is -0.354. The van der Waals surface area contributed by atoms with Crippen LogP contribution in [0.4, 0.5) is 10.1 Å². The van der Waals surface area contributed by atoms with Crippen LogP contribution in [0.15, 0.2) is 48.5 Å². The first-order valence-corrected chi connectivity index (χ1v) is 5.36. The summed E-state index contributed by atoms with van der Waals surface area (Å²) in [7, 11) is 0. The van der Waals surface area contributed by atoms with E-state index in [-0.39, 0.29) is 10.7 Å². The lowest BCUT2D eigenvalue weighted by Gasteiger charge is -2.04. The molecule has 17 heavy (non-hydrogen) atoms. The molecular formula is C13H9ClFNO. The van der Waals surface area contributed by atoms with E-state index in [1.165, 1.54) is 18.3 Å². The highest BCUT2D eigenvalue weighted by atomic mass is 35.5. The summed E-state index contributed by atoms with van der Waals surface area (Å²) in [5.74, 6) is -0.466. The van der Waals surface area contributed by atoms with Gasteiger partial charge in [0.15, 0.2) is 6.21 Å². The number of benzene rings is 2. The molecule has 2 aromatic carbocycles. The van der Waals surface area contributed by atoms with Crippen LogP contribution in [0.2, 0.25) is 5.02 Å². The number of hydrogen-bond acceptors (Lipinski definition) is 1. The van der Waals surface area contributed by atoms with Crippen molar-refractivity contribution >= 4 is 23.5 Å². The van der Waals surface area contributed by atoms with Gasteiger partial charge in [-0.2, -0.15) is 4.74 Å². The fraction of sp³-hybridized carbons (Fsp3) is 0. The van der Waals surface area contributed by atoms with Crippen molar-refractivity contribution in [3.63, 3.8) is 0 Å². The summed E-state index contributed by atoms with van der Waals surface area (Å²) in [5.41, 5.74) is 0.972. The van der Waals surface area contributed by atoms with Gasteiger partial charge in [0.1, 0.15) is 10.8 Å². The summed E-state index contributed by atoms with van der Waals surface area (Å²) >= 11 is 5.79. The van der Waals surface area contributed by atoms with Crippen LogP contribution in [0.25, 0.3) is 0 Å². The fourth-order valence-corrected chi connectivity index (χ4v) is 1.65. The molecule has 0 heterocycles. The predicted molar refractivity (Wildman–Crippen MR) is 66.3 cm³/mol. The third kappa shape index (κ3) is 2.82. The summed E-state index contributed by atoms with van der Waals surface area (Å²) < 4.78 is 13.4. The molecule has 0 saturated carbocycles. The standard InChI is InChI=1S/C13H9ClFNO/c14-12-8-11(15)6-7-13(12)16(17)9-10-4-2-1-3-5-10/h1-9H. The van der Waals surface area contributed by atoms with Crippen LogP contribution in [-0.4, -0.2) is 11.0 Å². The van der Waals surface area contributed by atoms with E-state index in [0.29, 0.717) is 4.74 Å². The largest absolute Gasteiger partial charge is 0.618 e. The SMILES string of the molecule is [O-][N+](=Cc1ccccc1)c1ccc(F)cc1Cl. The maximum Gasteiger partial charge on any atom is 0.235 e. The van der Waals surface area contributed by atoms with Gasteiger partial charge in [-0.15, -0.1) is 0 Å². The minimum absolute atomic E-state index is 0.0900. The number of nitrogens with zero attached hydrogens (tertiary/aromatic N) is 1. The van der Waals surface area contributed by atoms with E-state index in [2.05, 4.69) is 0 Å². The van der Waals surface area contributed by atoms with Gasteiger partial charge in [0.2, 0.25) is 5.69 Å². The van der Waals surface area contributed by atoms with Crippen molar-refractivity contribution in [1.82, 2.24) is 0 Å². The molecule has 0 aliphatic heterocycles. The molecule has 0 atom stereocenters. The molecule has 2 aromatic rings. The number of hydrogen-bond donors (Lipinski definition) is 0. The fourth-order valence-electron chi connectivity index (χ4n) is 1.40. The Labute approximate surface area is 103 Å². The van der Waals surface area contributed by atoms with Crippen LogP contribution in [0.5, 0.6) is 0 Å². The maximum atomic E-state index is 12.8. The van der Waals surface area contributed by atoms with Gasteiger partial charge in [-0.05, 0) is 24.3 Å². The van der Waals surface area contributed by atoms with E-state index in [9.17, 15) is 9.60 Å². The molecule has 4 heteroatoms. The zero-order chi connectivity index (χ0) is 12.3. The number of rotatable bonds is 2. The molecule has 0 unspecified atom stereocenters. The first kappa shape index (κ1) is 11.6. The molecule has 2 rings (SSSR count). The van der Waals surface area contributed by atoms with E-state index in [4.69, 9.17) is 11.6 Å². The van der Waals surface area contributed by atoms with E-state index in [1.807, 2.05) is 18.2 Å². The Morgan fingerprint density at radius 1 is 1.12 bits per heavy atom. The van der Waals surface area contributed by atoms with Gasteiger partial charge in [0.25, 0.3) is 0 Å². The molecule has 0 bridgehead atoms. The second-order valence-corrected chi connectivity index (χ2v) is 3.87. The average Bonchev–Trinajstić information content (AvgIpc) is 2.30. The Kier molecular flexibility index (Phi) is 3.40. The molecule has 0 saturated heterocycles. The Hall–Kier alpha value is -1.87. The van der Waals surface area contributed by atoms with E-state index < -0.39 is 5.82 Å². The van der Waals surface area contributed by atoms with Crippen molar-refractivity contribution in [2.45, 2.75) is 0 Å². The molecule has 0 amide bonds. The van der Waals surface area contributed by atoms with Crippen molar-refractivity contribution in [3.05, 3.63) is 70.1 Å². The topological polar surface area (TPSA) is 26.1 Å². The van der Waals surface area contributed by atoms with Gasteiger partial charge < -0.3 is 5.21 Å². The predicted octanol–water partition coefficient (Wildman–Crippen LogP) is 3.74. The molecule has 0 radical (unpaired) electrons. The third-order valence-corrected chi connectivity index (χ3v) is 2.52. The van der Waals surface area contributed by atoms with E-state index in [0.717, 1.165) is 11.6 Å². The monoisotopic (exact) mass is 249 g/mol. The summed E-state index contributed by atoms with van der Waals surface area (Å²) in [6, 6.07) is 12.8. The normalized spacial score (nSPS) is 11.5. The second-order valence-electron chi connectivity index (χ2n) is 3.46. The molecular weight excluding hydrogens is 241 g/mol. The van der Waals surface area contributed by atoms with Crippen LogP contribution >= 0.6 is 11.6 Å². The third-order valence-electron chi connectivity index (χ3n) is 2.21. The summed E-state index contributed by atoms with van der Waals surface area (Å²) in [5, 5.41) is 11.9.